The summed E-state index contributed by atoms with van der Waals surface area (Å²) in [6, 6.07) is 12.0. The maximum atomic E-state index is 12.9. The quantitative estimate of drug-likeness (QED) is 0.360. The van der Waals surface area contributed by atoms with Crippen molar-refractivity contribution in [3.63, 3.8) is 0 Å². The topological polar surface area (TPSA) is 133 Å². The number of allylic oxidation sites excluding steroid dienone is 1. The van der Waals surface area contributed by atoms with Crippen LogP contribution in [-0.2, 0) is 14.3 Å². The van der Waals surface area contributed by atoms with E-state index in [-0.39, 0.29) is 20.0 Å². The molecular weight excluding hydrogens is 458 g/mol. The molecule has 0 radical (unpaired) electrons. The van der Waals surface area contributed by atoms with Crippen molar-refractivity contribution >= 4 is 17.7 Å². The van der Waals surface area contributed by atoms with E-state index in [1.165, 1.54) is 6.08 Å². The number of anilines is 1. The highest BCUT2D eigenvalue weighted by atomic mass is 16.7. The van der Waals surface area contributed by atoms with Crippen molar-refractivity contribution in [2.24, 2.45) is 0 Å². The molecule has 0 saturated carbocycles. The number of hydrogen-bond acceptors (Lipinski definition) is 8. The molecule has 2 aromatic rings. The van der Waals surface area contributed by atoms with Crippen LogP contribution < -0.4 is 19.5 Å². The molecule has 1 aliphatic heterocycles. The molecule has 0 spiro atoms. The molecule has 188 valence electrons. The summed E-state index contributed by atoms with van der Waals surface area (Å²) in [5.41, 5.74) is 1.02. The van der Waals surface area contributed by atoms with Crippen LogP contribution in [0.5, 0.6) is 17.2 Å². The van der Waals surface area contributed by atoms with Gasteiger partial charge in [-0.3, -0.25) is 5.32 Å². The third-order valence-electron chi connectivity index (χ3n) is 5.02. The second kappa shape index (κ2) is 13.2. The number of ether oxygens (including phenoxy) is 5. The van der Waals surface area contributed by atoms with Crippen LogP contribution in [0.2, 0.25) is 0 Å². The van der Waals surface area contributed by atoms with Gasteiger partial charge in [0.1, 0.15) is 12.4 Å². The van der Waals surface area contributed by atoms with Crippen LogP contribution in [0.15, 0.2) is 54.6 Å². The molecule has 35 heavy (non-hydrogen) atoms. The number of fused-ring (bicyclic) bond motifs is 1. The average molecular weight is 488 g/mol. The molecule has 0 aliphatic carbocycles. The zero-order valence-corrected chi connectivity index (χ0v) is 19.3. The van der Waals surface area contributed by atoms with Gasteiger partial charge in [-0.2, -0.15) is 0 Å². The van der Waals surface area contributed by atoms with Gasteiger partial charge in [0.25, 0.3) is 0 Å². The number of carboxylic acids is 1. The van der Waals surface area contributed by atoms with Crippen molar-refractivity contribution in [3.8, 4) is 17.2 Å². The number of aliphatic hydroxyl groups is 1. The Labute approximate surface area is 203 Å². The Morgan fingerprint density at radius 2 is 1.97 bits per heavy atom. The number of carbonyl (C=O) groups is 2. The summed E-state index contributed by atoms with van der Waals surface area (Å²) < 4.78 is 28.1. The van der Waals surface area contributed by atoms with Gasteiger partial charge < -0.3 is 33.9 Å². The van der Waals surface area contributed by atoms with Crippen molar-refractivity contribution in [2.45, 2.75) is 32.0 Å². The Kier molecular flexibility index (Phi) is 9.76. The van der Waals surface area contributed by atoms with Gasteiger partial charge in [0, 0.05) is 30.0 Å². The minimum atomic E-state index is -1.04. The first-order valence-electron chi connectivity index (χ1n) is 11.2. The van der Waals surface area contributed by atoms with Gasteiger partial charge in [0.15, 0.2) is 17.6 Å². The van der Waals surface area contributed by atoms with Crippen LogP contribution in [0.1, 0.15) is 31.4 Å². The minimum absolute atomic E-state index is 0.0633. The molecule has 1 aliphatic rings. The molecule has 0 fully saturated rings. The lowest BCUT2D eigenvalue weighted by molar-refractivity contribution is -0.131. The number of benzene rings is 2. The van der Waals surface area contributed by atoms with E-state index in [2.05, 4.69) is 5.32 Å². The number of aliphatic carboxylic acids is 1. The van der Waals surface area contributed by atoms with E-state index in [4.69, 9.17) is 28.8 Å². The predicted molar refractivity (Wildman–Crippen MR) is 126 cm³/mol. The number of carbonyl (C=O) groups excluding carboxylic acids is 1. The Bertz CT molecular complexity index is 1020. The van der Waals surface area contributed by atoms with Crippen LogP contribution in [0.3, 0.4) is 0 Å². The lowest BCUT2D eigenvalue weighted by Crippen LogP contribution is -2.29. The van der Waals surface area contributed by atoms with Gasteiger partial charge in [-0.05, 0) is 38.0 Å². The Morgan fingerprint density at radius 1 is 1.17 bits per heavy atom. The summed E-state index contributed by atoms with van der Waals surface area (Å²) >= 11 is 0. The highest BCUT2D eigenvalue weighted by Crippen LogP contribution is 2.36. The Hall–Kier alpha value is -3.76. The van der Waals surface area contributed by atoms with Gasteiger partial charge in [0.2, 0.25) is 6.79 Å². The number of aliphatic hydroxyl groups excluding tert-OH is 1. The molecule has 2 aromatic carbocycles. The molecule has 0 aromatic heterocycles. The molecule has 10 heteroatoms. The van der Waals surface area contributed by atoms with E-state index in [9.17, 15) is 14.7 Å². The fourth-order valence-corrected chi connectivity index (χ4v) is 3.56. The number of para-hydroxylation sites is 1. The van der Waals surface area contributed by atoms with Crippen LogP contribution in [0, 0.1) is 0 Å². The van der Waals surface area contributed by atoms with Crippen molar-refractivity contribution in [3.05, 3.63) is 60.2 Å². The fraction of sp³-hybridized carbons (Fsp3) is 0.360. The van der Waals surface area contributed by atoms with Crippen molar-refractivity contribution in [1.29, 1.82) is 0 Å². The lowest BCUT2D eigenvalue weighted by Gasteiger charge is -2.28. The van der Waals surface area contributed by atoms with Gasteiger partial charge >= 0.3 is 12.1 Å². The average Bonchev–Trinajstić information content (AvgIpc) is 3.31. The molecule has 2 atom stereocenters. The second-order valence-corrected chi connectivity index (χ2v) is 7.44. The lowest BCUT2D eigenvalue weighted by atomic mass is 9.99. The van der Waals surface area contributed by atoms with Crippen molar-refractivity contribution in [2.75, 3.05) is 31.9 Å². The molecular formula is C25H29NO9. The standard InChI is InChI=1S/C25H29NO9/c1-2-31-21(9-5-6-10-23(28)29)24(18-7-3-4-8-19(18)32-14-13-27)35-25(30)26-17-11-12-20-22(15-17)34-16-33-20/h3-4,6-8,10-12,15,21,24,27H,2,5,9,13-14,16H2,1H3,(H,26,30)(H,28,29)/b10-6+/t21-,24-/m1/s1. The molecule has 0 unspecified atom stereocenters. The van der Waals surface area contributed by atoms with Crippen molar-refractivity contribution < 1.29 is 43.5 Å². The summed E-state index contributed by atoms with van der Waals surface area (Å²) in [4.78, 5) is 23.7. The predicted octanol–water partition coefficient (Wildman–Crippen LogP) is 3.90. The first-order chi connectivity index (χ1) is 17.0. The molecule has 0 saturated heterocycles. The van der Waals surface area contributed by atoms with Gasteiger partial charge in [-0.1, -0.05) is 24.3 Å². The van der Waals surface area contributed by atoms with Gasteiger partial charge in [0.05, 0.1) is 12.7 Å². The van der Waals surface area contributed by atoms with E-state index in [1.54, 1.807) is 42.5 Å². The summed E-state index contributed by atoms with van der Waals surface area (Å²) in [7, 11) is 0. The van der Waals surface area contributed by atoms with E-state index < -0.39 is 24.3 Å². The van der Waals surface area contributed by atoms with Crippen molar-refractivity contribution in [1.82, 2.24) is 0 Å². The molecule has 3 N–H and O–H groups in total. The molecule has 1 amide bonds. The number of nitrogens with one attached hydrogen (secondary N) is 1. The maximum Gasteiger partial charge on any atom is 0.412 e. The number of carboxylic acid groups (broad SMARTS) is 1. The highest BCUT2D eigenvalue weighted by Gasteiger charge is 2.30. The van der Waals surface area contributed by atoms with Crippen LogP contribution in [0.4, 0.5) is 10.5 Å². The van der Waals surface area contributed by atoms with E-state index in [0.717, 1.165) is 6.08 Å². The van der Waals surface area contributed by atoms with E-state index >= 15 is 0 Å². The van der Waals surface area contributed by atoms with Crippen LogP contribution in [-0.4, -0.2) is 55.0 Å². The Morgan fingerprint density at radius 3 is 2.74 bits per heavy atom. The zero-order valence-electron chi connectivity index (χ0n) is 19.3. The molecule has 10 nitrogen and oxygen atoms in total. The number of hydrogen-bond donors (Lipinski definition) is 3. The summed E-state index contributed by atoms with van der Waals surface area (Å²) in [6.07, 6.45) is 1.15. The molecule has 3 rings (SSSR count). The summed E-state index contributed by atoms with van der Waals surface area (Å²) in [6.45, 7) is 2.16. The molecule has 1 heterocycles. The normalized spacial score (nSPS) is 13.9. The SMILES string of the molecule is CCO[C@H](CC/C=C/C(=O)O)[C@H](OC(=O)Nc1ccc2c(c1)OCO2)c1ccccc1OCCO. The zero-order chi connectivity index (χ0) is 25.0. The summed E-state index contributed by atoms with van der Waals surface area (Å²) in [5.74, 6) is 0.493. The first-order valence-corrected chi connectivity index (χ1v) is 11.2. The molecule has 0 bridgehead atoms. The fourth-order valence-electron chi connectivity index (χ4n) is 3.56. The summed E-state index contributed by atoms with van der Waals surface area (Å²) in [5, 5.41) is 20.7. The van der Waals surface area contributed by atoms with E-state index in [0.29, 0.717) is 47.9 Å². The largest absolute Gasteiger partial charge is 0.491 e. The van der Waals surface area contributed by atoms with Gasteiger partial charge in [-0.15, -0.1) is 0 Å². The second-order valence-electron chi connectivity index (χ2n) is 7.44. The third kappa shape index (κ3) is 7.62. The van der Waals surface area contributed by atoms with Gasteiger partial charge in [-0.25, -0.2) is 9.59 Å². The van der Waals surface area contributed by atoms with E-state index in [1.807, 2.05) is 6.92 Å². The highest BCUT2D eigenvalue weighted by molar-refractivity contribution is 5.85. The smallest absolute Gasteiger partial charge is 0.412 e. The maximum absolute atomic E-state index is 12.9. The Balaban J connectivity index is 1.83. The third-order valence-corrected chi connectivity index (χ3v) is 5.02. The minimum Gasteiger partial charge on any atom is -0.491 e. The first kappa shape index (κ1) is 25.9. The number of rotatable bonds is 13. The van der Waals surface area contributed by atoms with Crippen LogP contribution >= 0.6 is 0 Å². The number of amides is 1. The van der Waals surface area contributed by atoms with Crippen LogP contribution in [0.25, 0.3) is 0 Å². The monoisotopic (exact) mass is 487 g/mol.